The molecule has 0 bridgehead atoms. The Balaban J connectivity index is 2.65. The van der Waals surface area contributed by atoms with Gasteiger partial charge < -0.3 is 19.8 Å². The molecule has 0 spiro atoms. The largest absolute Gasteiger partial charge is 0.468 e. The monoisotopic (exact) mass is 325 g/mol. The first-order chi connectivity index (χ1) is 10.9. The summed E-state index contributed by atoms with van der Waals surface area (Å²) in [4.78, 5) is 25.9. The van der Waals surface area contributed by atoms with Gasteiger partial charge in [-0.2, -0.15) is 0 Å². The molecule has 1 aromatic rings. The SMILES string of the molecule is CCOC(=O)NC(C(=O)NCC(c1ccco1)N(C)C)C(C)C. The van der Waals surface area contributed by atoms with Gasteiger partial charge in [-0.05, 0) is 39.1 Å². The van der Waals surface area contributed by atoms with Gasteiger partial charge in [-0.3, -0.25) is 9.69 Å². The Morgan fingerprint density at radius 1 is 1.35 bits per heavy atom. The summed E-state index contributed by atoms with van der Waals surface area (Å²) in [5.41, 5.74) is 0. The smallest absolute Gasteiger partial charge is 0.407 e. The fraction of sp³-hybridized carbons (Fsp3) is 0.625. The van der Waals surface area contributed by atoms with Crippen LogP contribution in [0, 0.1) is 5.92 Å². The molecular weight excluding hydrogens is 298 g/mol. The maximum absolute atomic E-state index is 12.4. The zero-order valence-corrected chi connectivity index (χ0v) is 14.5. The van der Waals surface area contributed by atoms with Gasteiger partial charge in [0.25, 0.3) is 0 Å². The molecule has 0 aliphatic rings. The van der Waals surface area contributed by atoms with Crippen LogP contribution in [-0.2, 0) is 9.53 Å². The number of nitrogens with zero attached hydrogens (tertiary/aromatic N) is 1. The number of carbonyl (C=O) groups is 2. The number of amides is 2. The van der Waals surface area contributed by atoms with E-state index in [0.717, 1.165) is 5.76 Å². The second-order valence-electron chi connectivity index (χ2n) is 5.83. The molecule has 1 heterocycles. The highest BCUT2D eigenvalue weighted by Crippen LogP contribution is 2.17. The molecule has 0 saturated carbocycles. The number of hydrogen-bond acceptors (Lipinski definition) is 5. The number of furan rings is 1. The highest BCUT2D eigenvalue weighted by molar-refractivity contribution is 5.85. The van der Waals surface area contributed by atoms with Gasteiger partial charge in [0, 0.05) is 6.54 Å². The molecule has 0 aromatic carbocycles. The van der Waals surface area contributed by atoms with Gasteiger partial charge in [-0.15, -0.1) is 0 Å². The lowest BCUT2D eigenvalue weighted by molar-refractivity contribution is -0.124. The lowest BCUT2D eigenvalue weighted by Crippen LogP contribution is -2.51. The molecule has 2 amide bonds. The molecule has 0 aliphatic heterocycles. The van der Waals surface area contributed by atoms with Gasteiger partial charge in [0.2, 0.25) is 5.91 Å². The topological polar surface area (TPSA) is 83.8 Å². The summed E-state index contributed by atoms with van der Waals surface area (Å²) in [6.45, 7) is 6.10. The van der Waals surface area contributed by atoms with E-state index in [1.54, 1.807) is 13.2 Å². The Labute approximate surface area is 137 Å². The van der Waals surface area contributed by atoms with Crippen LogP contribution in [-0.4, -0.2) is 50.2 Å². The van der Waals surface area contributed by atoms with E-state index in [2.05, 4.69) is 10.6 Å². The number of likely N-dealkylation sites (N-methyl/N-ethyl adjacent to an activating group) is 1. The van der Waals surface area contributed by atoms with Gasteiger partial charge >= 0.3 is 6.09 Å². The Bertz CT molecular complexity index is 486. The van der Waals surface area contributed by atoms with E-state index in [1.165, 1.54) is 0 Å². The molecule has 7 heteroatoms. The van der Waals surface area contributed by atoms with Crippen molar-refractivity contribution in [1.29, 1.82) is 0 Å². The number of carbonyl (C=O) groups excluding carboxylic acids is 2. The third-order valence-electron chi connectivity index (χ3n) is 3.46. The van der Waals surface area contributed by atoms with Crippen molar-refractivity contribution in [1.82, 2.24) is 15.5 Å². The lowest BCUT2D eigenvalue weighted by atomic mass is 10.0. The zero-order valence-electron chi connectivity index (χ0n) is 14.5. The molecule has 0 radical (unpaired) electrons. The number of ether oxygens (including phenoxy) is 1. The highest BCUT2D eigenvalue weighted by Gasteiger charge is 2.26. The second-order valence-corrected chi connectivity index (χ2v) is 5.83. The minimum atomic E-state index is -0.645. The normalized spacial score (nSPS) is 13.7. The van der Waals surface area contributed by atoms with Gasteiger partial charge in [0.1, 0.15) is 11.8 Å². The molecule has 0 saturated heterocycles. The predicted molar refractivity (Wildman–Crippen MR) is 86.9 cm³/mol. The molecule has 7 nitrogen and oxygen atoms in total. The maximum atomic E-state index is 12.4. The molecule has 1 aromatic heterocycles. The van der Waals surface area contributed by atoms with Crippen molar-refractivity contribution in [2.45, 2.75) is 32.9 Å². The lowest BCUT2D eigenvalue weighted by Gasteiger charge is -2.25. The van der Waals surface area contributed by atoms with Crippen LogP contribution in [0.3, 0.4) is 0 Å². The van der Waals surface area contributed by atoms with Crippen molar-refractivity contribution in [3.05, 3.63) is 24.2 Å². The van der Waals surface area contributed by atoms with Crippen molar-refractivity contribution in [2.24, 2.45) is 5.92 Å². The summed E-state index contributed by atoms with van der Waals surface area (Å²) >= 11 is 0. The predicted octanol–water partition coefficient (Wildman–Crippen LogP) is 1.77. The van der Waals surface area contributed by atoms with Crippen LogP contribution in [0.4, 0.5) is 4.79 Å². The summed E-state index contributed by atoms with van der Waals surface area (Å²) in [5, 5.41) is 5.47. The Morgan fingerprint density at radius 2 is 2.04 bits per heavy atom. The quantitative estimate of drug-likeness (QED) is 0.761. The molecule has 0 fully saturated rings. The summed E-state index contributed by atoms with van der Waals surface area (Å²) in [6.07, 6.45) is 1.02. The molecule has 2 atom stereocenters. The first kappa shape index (κ1) is 19.0. The van der Waals surface area contributed by atoms with Gasteiger partial charge in [-0.25, -0.2) is 4.79 Å². The number of nitrogens with one attached hydrogen (secondary N) is 2. The minimum absolute atomic E-state index is 0.0548. The average Bonchev–Trinajstić information content (AvgIpc) is 2.98. The third kappa shape index (κ3) is 5.94. The van der Waals surface area contributed by atoms with E-state index >= 15 is 0 Å². The van der Waals surface area contributed by atoms with Crippen molar-refractivity contribution in [2.75, 3.05) is 27.2 Å². The highest BCUT2D eigenvalue weighted by atomic mass is 16.5. The number of alkyl carbamates (subject to hydrolysis) is 1. The van der Waals surface area contributed by atoms with E-state index in [-0.39, 0.29) is 24.5 Å². The summed E-state index contributed by atoms with van der Waals surface area (Å²) in [7, 11) is 3.83. The minimum Gasteiger partial charge on any atom is -0.468 e. The van der Waals surface area contributed by atoms with Crippen molar-refractivity contribution >= 4 is 12.0 Å². The van der Waals surface area contributed by atoms with E-state index in [4.69, 9.17) is 9.15 Å². The van der Waals surface area contributed by atoms with Gasteiger partial charge in [0.15, 0.2) is 0 Å². The average molecular weight is 325 g/mol. The Kier molecular flexibility index (Phi) is 7.61. The zero-order chi connectivity index (χ0) is 17.4. The van der Waals surface area contributed by atoms with Crippen LogP contribution in [0.2, 0.25) is 0 Å². The third-order valence-corrected chi connectivity index (χ3v) is 3.46. The van der Waals surface area contributed by atoms with Crippen LogP contribution < -0.4 is 10.6 Å². The summed E-state index contributed by atoms with van der Waals surface area (Å²) in [6, 6.07) is 2.96. The molecule has 1 rings (SSSR count). The fourth-order valence-electron chi connectivity index (χ4n) is 2.16. The molecular formula is C16H27N3O4. The second kappa shape index (κ2) is 9.19. The first-order valence-electron chi connectivity index (χ1n) is 7.77. The Morgan fingerprint density at radius 3 is 2.52 bits per heavy atom. The maximum Gasteiger partial charge on any atom is 0.407 e. The molecule has 2 N–H and O–H groups in total. The summed E-state index contributed by atoms with van der Waals surface area (Å²) < 4.78 is 10.3. The Hall–Kier alpha value is -2.02. The van der Waals surface area contributed by atoms with E-state index in [0.29, 0.717) is 6.54 Å². The van der Waals surface area contributed by atoms with E-state index in [1.807, 2.05) is 45.0 Å². The molecule has 23 heavy (non-hydrogen) atoms. The van der Waals surface area contributed by atoms with E-state index in [9.17, 15) is 9.59 Å². The summed E-state index contributed by atoms with van der Waals surface area (Å²) in [5.74, 6) is 0.474. The fourth-order valence-corrected chi connectivity index (χ4v) is 2.16. The van der Waals surface area contributed by atoms with Crippen molar-refractivity contribution in [3.8, 4) is 0 Å². The molecule has 0 aliphatic carbocycles. The van der Waals surface area contributed by atoms with Gasteiger partial charge in [-0.1, -0.05) is 13.8 Å². The van der Waals surface area contributed by atoms with Crippen molar-refractivity contribution in [3.63, 3.8) is 0 Å². The van der Waals surface area contributed by atoms with Crippen LogP contribution in [0.15, 0.2) is 22.8 Å². The van der Waals surface area contributed by atoms with Crippen LogP contribution >= 0.6 is 0 Å². The van der Waals surface area contributed by atoms with Crippen LogP contribution in [0.5, 0.6) is 0 Å². The van der Waals surface area contributed by atoms with Crippen LogP contribution in [0.25, 0.3) is 0 Å². The molecule has 130 valence electrons. The molecule has 2 unspecified atom stereocenters. The van der Waals surface area contributed by atoms with Crippen molar-refractivity contribution < 1.29 is 18.7 Å². The van der Waals surface area contributed by atoms with Crippen LogP contribution in [0.1, 0.15) is 32.6 Å². The standard InChI is InChI=1S/C16H27N3O4/c1-6-22-16(21)18-14(11(2)3)15(20)17-10-12(19(4)5)13-8-7-9-23-13/h7-9,11-12,14H,6,10H2,1-5H3,(H,17,20)(H,18,21). The van der Waals surface area contributed by atoms with E-state index < -0.39 is 12.1 Å². The first-order valence-corrected chi connectivity index (χ1v) is 7.77. The van der Waals surface area contributed by atoms with Gasteiger partial charge in [0.05, 0.1) is 18.9 Å². The number of rotatable bonds is 8. The number of hydrogen-bond donors (Lipinski definition) is 2.